The fourth-order valence-electron chi connectivity index (χ4n) is 3.64. The Hall–Kier alpha value is -2.56. The van der Waals surface area contributed by atoms with Gasteiger partial charge in [-0.15, -0.1) is 0 Å². The number of aliphatic hydroxyl groups excluding tert-OH is 1. The summed E-state index contributed by atoms with van der Waals surface area (Å²) in [5.74, 6) is -0.0319. The summed E-state index contributed by atoms with van der Waals surface area (Å²) < 4.78 is 26.7. The van der Waals surface area contributed by atoms with Crippen LogP contribution in [0.5, 0.6) is 0 Å². The van der Waals surface area contributed by atoms with Crippen LogP contribution in [-0.2, 0) is 6.54 Å². The van der Waals surface area contributed by atoms with E-state index in [0.717, 1.165) is 50.3 Å². The van der Waals surface area contributed by atoms with Crippen LogP contribution >= 0.6 is 11.8 Å². The van der Waals surface area contributed by atoms with Crippen LogP contribution in [0.4, 0.5) is 19.5 Å². The Morgan fingerprint density at radius 3 is 2.81 bits per heavy atom. The average Bonchev–Trinajstić information content (AvgIpc) is 3.07. The molecule has 0 bridgehead atoms. The van der Waals surface area contributed by atoms with Crippen LogP contribution in [-0.4, -0.2) is 46.2 Å². The van der Waals surface area contributed by atoms with Crippen LogP contribution in [0.25, 0.3) is 6.08 Å². The maximum atomic E-state index is 13.7. The zero-order valence-electron chi connectivity index (χ0n) is 16.7. The molecule has 31 heavy (non-hydrogen) atoms. The lowest BCUT2D eigenvalue weighted by Gasteiger charge is -2.32. The van der Waals surface area contributed by atoms with Gasteiger partial charge in [-0.05, 0) is 55.3 Å². The van der Waals surface area contributed by atoms with Gasteiger partial charge in [-0.1, -0.05) is 6.07 Å². The first-order chi connectivity index (χ1) is 15.0. The maximum absolute atomic E-state index is 13.7. The number of piperidine rings is 1. The summed E-state index contributed by atoms with van der Waals surface area (Å²) in [5, 5.41) is 15.2. The number of rotatable bonds is 6. The molecule has 1 amide bonds. The molecule has 2 aromatic rings. The van der Waals surface area contributed by atoms with Gasteiger partial charge in [0.05, 0.1) is 5.69 Å². The van der Waals surface area contributed by atoms with Gasteiger partial charge in [-0.2, -0.15) is 0 Å². The van der Waals surface area contributed by atoms with Crippen molar-refractivity contribution in [2.24, 2.45) is 5.92 Å². The molecular formula is C21H23F2N5O2S. The average molecular weight is 448 g/mol. The predicted octanol–water partition coefficient (Wildman–Crippen LogP) is 2.88. The number of aromatic nitrogens is 2. The third kappa shape index (κ3) is 5.57. The number of carbonyl (C=O) groups is 1. The summed E-state index contributed by atoms with van der Waals surface area (Å²) in [6.07, 6.45) is 4.24. The molecule has 3 N–H and O–H groups in total. The van der Waals surface area contributed by atoms with Gasteiger partial charge in [0.25, 0.3) is 5.24 Å². The first-order valence-corrected chi connectivity index (χ1v) is 10.9. The van der Waals surface area contributed by atoms with Crippen LogP contribution in [0, 0.1) is 17.6 Å². The topological polar surface area (TPSA) is 90.4 Å². The molecule has 2 aliphatic heterocycles. The van der Waals surface area contributed by atoms with Crippen molar-refractivity contribution in [1.82, 2.24) is 20.6 Å². The molecule has 1 atom stereocenters. The Labute approximate surface area is 183 Å². The summed E-state index contributed by atoms with van der Waals surface area (Å²) in [4.78, 5) is 22.9. The number of carbonyl (C=O) groups excluding carboxylic acids is 1. The van der Waals surface area contributed by atoms with Crippen LogP contribution < -0.4 is 15.5 Å². The molecule has 0 aliphatic carbocycles. The number of benzene rings is 1. The molecule has 10 heteroatoms. The molecular weight excluding hydrogens is 424 g/mol. The van der Waals surface area contributed by atoms with Gasteiger partial charge in [-0.25, -0.2) is 18.7 Å². The highest BCUT2D eigenvalue weighted by molar-refractivity contribution is 8.17. The molecule has 0 spiro atoms. The van der Waals surface area contributed by atoms with E-state index in [1.807, 2.05) is 0 Å². The number of thioether (sulfide) groups is 1. The normalized spacial score (nSPS) is 21.0. The predicted molar refractivity (Wildman–Crippen MR) is 115 cm³/mol. The molecule has 2 aliphatic rings. The van der Waals surface area contributed by atoms with E-state index in [-0.39, 0.29) is 5.24 Å². The van der Waals surface area contributed by atoms with Gasteiger partial charge in [-0.3, -0.25) is 4.79 Å². The highest BCUT2D eigenvalue weighted by Gasteiger charge is 2.26. The lowest BCUT2D eigenvalue weighted by Crippen LogP contribution is -2.38. The monoisotopic (exact) mass is 447 g/mol. The number of aliphatic hydroxyl groups is 1. The van der Waals surface area contributed by atoms with E-state index in [0.29, 0.717) is 34.6 Å². The number of halogens is 2. The lowest BCUT2D eigenvalue weighted by molar-refractivity contribution is 0.192. The maximum Gasteiger partial charge on any atom is 0.285 e. The van der Waals surface area contributed by atoms with Gasteiger partial charge in [0, 0.05) is 42.4 Å². The van der Waals surface area contributed by atoms with Crippen molar-refractivity contribution in [3.05, 3.63) is 58.3 Å². The second kappa shape index (κ2) is 9.71. The Balaban J connectivity index is 1.28. The summed E-state index contributed by atoms with van der Waals surface area (Å²) in [7, 11) is 0. The van der Waals surface area contributed by atoms with E-state index in [9.17, 15) is 18.7 Å². The van der Waals surface area contributed by atoms with E-state index in [2.05, 4.69) is 25.5 Å². The summed E-state index contributed by atoms with van der Waals surface area (Å²) >= 11 is 0.956. The highest BCUT2D eigenvalue weighted by atomic mass is 32.2. The summed E-state index contributed by atoms with van der Waals surface area (Å²) in [5.41, 5.74) is 1.09. The van der Waals surface area contributed by atoms with E-state index >= 15 is 0 Å². The number of amides is 1. The fraction of sp³-hybridized carbons (Fsp3) is 0.381. The van der Waals surface area contributed by atoms with Gasteiger partial charge < -0.3 is 20.6 Å². The van der Waals surface area contributed by atoms with Crippen molar-refractivity contribution >= 4 is 29.0 Å². The quantitative estimate of drug-likeness (QED) is 0.627. The van der Waals surface area contributed by atoms with Gasteiger partial charge in [0.15, 0.2) is 6.23 Å². The third-order valence-electron chi connectivity index (χ3n) is 5.35. The van der Waals surface area contributed by atoms with E-state index in [1.165, 1.54) is 12.1 Å². The SMILES string of the molecule is O=C1NC(O)C(=Cc2ccnc(N3CCC(CNCc4ccc(F)cc4F)CC3)n2)S1. The molecule has 0 saturated carbocycles. The highest BCUT2D eigenvalue weighted by Crippen LogP contribution is 2.28. The van der Waals surface area contributed by atoms with Crippen molar-refractivity contribution in [2.75, 3.05) is 24.5 Å². The molecule has 1 aromatic carbocycles. The number of anilines is 1. The Bertz CT molecular complexity index is 982. The molecule has 0 radical (unpaired) electrons. The first kappa shape index (κ1) is 21.7. The number of hydrogen-bond acceptors (Lipinski definition) is 7. The summed E-state index contributed by atoms with van der Waals surface area (Å²) in [6.45, 7) is 2.73. The van der Waals surface area contributed by atoms with Crippen LogP contribution in [0.3, 0.4) is 0 Å². The number of nitrogens with zero attached hydrogens (tertiary/aromatic N) is 3. The Morgan fingerprint density at radius 1 is 1.29 bits per heavy atom. The standard InChI is InChI=1S/C21H23F2N5O2S/c22-15-2-1-14(17(23)9-15)12-24-11-13-4-7-28(8-5-13)20-25-6-3-16(26-20)10-18-19(29)27-21(30)31-18/h1-3,6,9-10,13,19,24,29H,4-5,7-8,11-12H2,(H,27,30). The molecule has 4 rings (SSSR count). The summed E-state index contributed by atoms with van der Waals surface area (Å²) in [6, 6.07) is 5.37. The number of nitrogens with one attached hydrogen (secondary N) is 2. The zero-order valence-corrected chi connectivity index (χ0v) is 17.5. The van der Waals surface area contributed by atoms with Crippen molar-refractivity contribution in [2.45, 2.75) is 25.6 Å². The van der Waals surface area contributed by atoms with Gasteiger partial charge in [0.1, 0.15) is 11.6 Å². The van der Waals surface area contributed by atoms with E-state index in [4.69, 9.17) is 0 Å². The fourth-order valence-corrected chi connectivity index (χ4v) is 4.37. The Kier molecular flexibility index (Phi) is 6.79. The largest absolute Gasteiger partial charge is 0.369 e. The molecule has 7 nitrogen and oxygen atoms in total. The van der Waals surface area contributed by atoms with Crippen molar-refractivity contribution in [1.29, 1.82) is 0 Å². The molecule has 1 aromatic heterocycles. The van der Waals surface area contributed by atoms with Gasteiger partial charge >= 0.3 is 0 Å². The number of hydrogen-bond donors (Lipinski definition) is 3. The smallest absolute Gasteiger partial charge is 0.285 e. The second-order valence-electron chi connectivity index (χ2n) is 7.56. The van der Waals surface area contributed by atoms with Gasteiger partial charge in [0.2, 0.25) is 5.95 Å². The molecule has 1 unspecified atom stereocenters. The minimum absolute atomic E-state index is 0.286. The molecule has 2 fully saturated rings. The molecule has 2 saturated heterocycles. The first-order valence-electron chi connectivity index (χ1n) is 10.1. The molecule has 164 valence electrons. The lowest BCUT2D eigenvalue weighted by atomic mass is 9.97. The van der Waals surface area contributed by atoms with Crippen molar-refractivity contribution in [3.63, 3.8) is 0 Å². The minimum Gasteiger partial charge on any atom is -0.369 e. The van der Waals surface area contributed by atoms with Crippen molar-refractivity contribution < 1.29 is 18.7 Å². The van der Waals surface area contributed by atoms with Crippen LogP contribution in [0.2, 0.25) is 0 Å². The molecule has 3 heterocycles. The van der Waals surface area contributed by atoms with E-state index in [1.54, 1.807) is 18.3 Å². The second-order valence-corrected chi connectivity index (χ2v) is 8.61. The minimum atomic E-state index is -0.998. The van der Waals surface area contributed by atoms with Crippen molar-refractivity contribution in [3.8, 4) is 0 Å². The Morgan fingerprint density at radius 2 is 2.10 bits per heavy atom. The van der Waals surface area contributed by atoms with Crippen LogP contribution in [0.1, 0.15) is 24.1 Å². The van der Waals surface area contributed by atoms with E-state index < -0.39 is 17.9 Å². The van der Waals surface area contributed by atoms with Crippen LogP contribution in [0.15, 0.2) is 35.4 Å². The zero-order chi connectivity index (χ0) is 21.8. The third-order valence-corrected chi connectivity index (χ3v) is 6.23.